The van der Waals surface area contributed by atoms with Crippen molar-refractivity contribution in [1.82, 2.24) is 0 Å². The van der Waals surface area contributed by atoms with Crippen LogP contribution in [0.1, 0.15) is 11.1 Å². The number of halogens is 2. The molecule has 3 rings (SSSR count). The summed E-state index contributed by atoms with van der Waals surface area (Å²) in [7, 11) is 6.34. The van der Waals surface area contributed by atoms with E-state index in [-0.39, 0.29) is 0 Å². The van der Waals surface area contributed by atoms with Gasteiger partial charge in [-0.25, -0.2) is 0 Å². The van der Waals surface area contributed by atoms with Gasteiger partial charge in [0.15, 0.2) is 0 Å². The van der Waals surface area contributed by atoms with Crippen molar-refractivity contribution in [2.75, 3.05) is 28.4 Å². The summed E-state index contributed by atoms with van der Waals surface area (Å²) in [6.45, 7) is 0. The van der Waals surface area contributed by atoms with Crippen molar-refractivity contribution in [2.45, 2.75) is 11.6 Å². The number of benzene rings is 2. The fourth-order valence-electron chi connectivity index (χ4n) is 3.57. The van der Waals surface area contributed by atoms with Gasteiger partial charge >= 0.3 is 0 Å². The molecule has 24 heavy (non-hydrogen) atoms. The molecule has 1 aliphatic rings. The Balaban J connectivity index is 2.53. The molecule has 6 heteroatoms. The summed E-state index contributed by atoms with van der Waals surface area (Å²) >= 11 is 7.23. The van der Waals surface area contributed by atoms with Gasteiger partial charge in [-0.15, -0.1) is 0 Å². The highest BCUT2D eigenvalue weighted by molar-refractivity contribution is 9.13. The number of fused-ring (bicyclic) bond motifs is 3. The average molecular weight is 458 g/mol. The van der Waals surface area contributed by atoms with E-state index in [2.05, 4.69) is 31.9 Å². The molecule has 2 aromatic carbocycles. The zero-order valence-electron chi connectivity index (χ0n) is 13.9. The maximum Gasteiger partial charge on any atom is 0.257 e. The van der Waals surface area contributed by atoms with Gasteiger partial charge in [-0.2, -0.15) is 0 Å². The Morgan fingerprint density at radius 1 is 0.708 bits per heavy atom. The summed E-state index contributed by atoms with van der Waals surface area (Å²) in [6.07, 6.45) is 0. The van der Waals surface area contributed by atoms with E-state index in [1.54, 1.807) is 28.4 Å². The van der Waals surface area contributed by atoms with Crippen molar-refractivity contribution in [3.63, 3.8) is 0 Å². The molecule has 0 atom stereocenters. The predicted molar refractivity (Wildman–Crippen MR) is 98.7 cm³/mol. The molecule has 0 unspecified atom stereocenters. The standard InChI is InChI=1S/C18H18Br2O4/c1-21-17(22-2)13-8-6-5-7-11(13)12-9-10-14(19)16(20)15(12)18(17,23-3)24-4/h5-10H,1-4H3. The SMILES string of the molecule is COC1(OC)c2ccccc2-c2ccc(Br)c(Br)c2C1(OC)OC. The highest BCUT2D eigenvalue weighted by Crippen LogP contribution is 2.58. The second kappa shape index (κ2) is 6.52. The summed E-state index contributed by atoms with van der Waals surface area (Å²) < 4.78 is 25.4. The van der Waals surface area contributed by atoms with Crippen molar-refractivity contribution in [3.05, 3.63) is 56.5 Å². The molecular formula is C18H18Br2O4. The topological polar surface area (TPSA) is 36.9 Å². The van der Waals surface area contributed by atoms with Gasteiger partial charge in [-0.05, 0) is 49.1 Å². The Morgan fingerprint density at radius 3 is 1.88 bits per heavy atom. The summed E-state index contributed by atoms with van der Waals surface area (Å²) in [5.41, 5.74) is 3.66. The maximum absolute atomic E-state index is 5.92. The molecule has 1 aliphatic carbocycles. The largest absolute Gasteiger partial charge is 0.345 e. The van der Waals surface area contributed by atoms with Gasteiger partial charge in [0.05, 0.1) is 0 Å². The van der Waals surface area contributed by atoms with E-state index in [0.29, 0.717) is 0 Å². The van der Waals surface area contributed by atoms with Crippen molar-refractivity contribution < 1.29 is 18.9 Å². The quantitative estimate of drug-likeness (QED) is 0.619. The van der Waals surface area contributed by atoms with Crippen LogP contribution in [-0.2, 0) is 30.5 Å². The Bertz CT molecular complexity index is 768. The highest BCUT2D eigenvalue weighted by atomic mass is 79.9. The minimum Gasteiger partial charge on any atom is -0.345 e. The third-order valence-corrected chi connectivity index (χ3v) is 6.60. The molecule has 0 saturated heterocycles. The van der Waals surface area contributed by atoms with Crippen LogP contribution in [0.15, 0.2) is 45.3 Å². The summed E-state index contributed by atoms with van der Waals surface area (Å²) in [6, 6.07) is 12.0. The molecule has 0 bridgehead atoms. The molecule has 4 nitrogen and oxygen atoms in total. The zero-order chi connectivity index (χ0) is 17.5. The molecule has 0 radical (unpaired) electrons. The lowest BCUT2D eigenvalue weighted by molar-refractivity contribution is -0.407. The second-order valence-electron chi connectivity index (χ2n) is 5.38. The van der Waals surface area contributed by atoms with Gasteiger partial charge in [0.25, 0.3) is 11.6 Å². The first-order valence-corrected chi connectivity index (χ1v) is 8.90. The van der Waals surface area contributed by atoms with Gasteiger partial charge in [-0.1, -0.05) is 30.3 Å². The van der Waals surface area contributed by atoms with E-state index in [9.17, 15) is 0 Å². The summed E-state index contributed by atoms with van der Waals surface area (Å²) in [5, 5.41) is 0. The Hall–Kier alpha value is -0.760. The van der Waals surface area contributed by atoms with Crippen LogP contribution in [0.3, 0.4) is 0 Å². The van der Waals surface area contributed by atoms with Crippen LogP contribution in [0.5, 0.6) is 0 Å². The number of hydrogen-bond donors (Lipinski definition) is 0. The minimum absolute atomic E-state index is 0.810. The van der Waals surface area contributed by atoms with E-state index >= 15 is 0 Å². The monoisotopic (exact) mass is 456 g/mol. The fraction of sp³-hybridized carbons (Fsp3) is 0.333. The van der Waals surface area contributed by atoms with Gasteiger partial charge < -0.3 is 18.9 Å². The Kier molecular flexibility index (Phi) is 4.90. The van der Waals surface area contributed by atoms with Crippen LogP contribution in [0, 0.1) is 0 Å². The number of ether oxygens (including phenoxy) is 4. The predicted octanol–water partition coefficient (Wildman–Crippen LogP) is 4.78. The molecule has 2 aromatic rings. The minimum atomic E-state index is -1.29. The molecular weight excluding hydrogens is 440 g/mol. The molecule has 0 aliphatic heterocycles. The molecule has 0 spiro atoms. The Labute approximate surface area is 158 Å². The van der Waals surface area contributed by atoms with Crippen LogP contribution < -0.4 is 0 Å². The zero-order valence-corrected chi connectivity index (χ0v) is 17.0. The van der Waals surface area contributed by atoms with E-state index in [0.717, 1.165) is 31.2 Å². The first-order valence-electron chi connectivity index (χ1n) is 7.32. The van der Waals surface area contributed by atoms with Crippen LogP contribution in [0.4, 0.5) is 0 Å². The highest BCUT2D eigenvalue weighted by Gasteiger charge is 2.62. The fourth-order valence-corrected chi connectivity index (χ4v) is 4.51. The summed E-state index contributed by atoms with van der Waals surface area (Å²) in [4.78, 5) is 0. The first kappa shape index (κ1) is 18.0. The van der Waals surface area contributed by atoms with Crippen molar-refractivity contribution in [3.8, 4) is 11.1 Å². The average Bonchev–Trinajstić information content (AvgIpc) is 2.63. The molecule has 0 saturated carbocycles. The van der Waals surface area contributed by atoms with E-state index in [1.165, 1.54) is 0 Å². The van der Waals surface area contributed by atoms with Crippen LogP contribution >= 0.6 is 31.9 Å². The van der Waals surface area contributed by atoms with Gasteiger partial charge in [-0.3, -0.25) is 0 Å². The third kappa shape index (κ3) is 2.11. The number of methoxy groups -OCH3 is 4. The molecule has 0 N–H and O–H groups in total. The van der Waals surface area contributed by atoms with E-state index < -0.39 is 11.6 Å². The lowest BCUT2D eigenvalue weighted by atomic mass is 9.76. The smallest absolute Gasteiger partial charge is 0.257 e. The summed E-state index contributed by atoms with van der Waals surface area (Å²) in [5.74, 6) is -2.55. The van der Waals surface area contributed by atoms with Gasteiger partial charge in [0, 0.05) is 48.5 Å². The number of rotatable bonds is 4. The van der Waals surface area contributed by atoms with Crippen LogP contribution in [-0.4, -0.2) is 28.4 Å². The third-order valence-electron chi connectivity index (χ3n) is 4.58. The van der Waals surface area contributed by atoms with Crippen molar-refractivity contribution in [2.24, 2.45) is 0 Å². The second-order valence-corrected chi connectivity index (χ2v) is 7.03. The van der Waals surface area contributed by atoms with Crippen LogP contribution in [0.25, 0.3) is 11.1 Å². The lowest BCUT2D eigenvalue weighted by Crippen LogP contribution is -2.56. The normalized spacial score (nSPS) is 17.2. The molecule has 0 fully saturated rings. The molecule has 0 heterocycles. The van der Waals surface area contributed by atoms with Crippen LogP contribution in [0.2, 0.25) is 0 Å². The lowest BCUT2D eigenvalue weighted by Gasteiger charge is -2.50. The Morgan fingerprint density at radius 2 is 1.29 bits per heavy atom. The van der Waals surface area contributed by atoms with E-state index in [4.69, 9.17) is 18.9 Å². The first-order chi connectivity index (χ1) is 11.5. The number of hydrogen-bond acceptors (Lipinski definition) is 4. The maximum atomic E-state index is 5.92. The van der Waals surface area contributed by atoms with Gasteiger partial charge in [0.2, 0.25) is 0 Å². The van der Waals surface area contributed by atoms with E-state index in [1.807, 2.05) is 36.4 Å². The van der Waals surface area contributed by atoms with Crippen molar-refractivity contribution in [1.29, 1.82) is 0 Å². The molecule has 128 valence electrons. The van der Waals surface area contributed by atoms with Gasteiger partial charge in [0.1, 0.15) is 0 Å². The van der Waals surface area contributed by atoms with Crippen molar-refractivity contribution >= 4 is 31.9 Å². The molecule has 0 amide bonds. The molecule has 0 aromatic heterocycles.